The Bertz CT molecular complexity index is 626. The first kappa shape index (κ1) is 11.2. The number of carbonyl (C=O) groups excluding carboxylic acids is 1. The summed E-state index contributed by atoms with van der Waals surface area (Å²) in [4.78, 5) is 22.5. The Balaban J connectivity index is 2.57. The van der Waals surface area contributed by atoms with E-state index in [2.05, 4.69) is 0 Å². The molecule has 5 heteroatoms. The van der Waals surface area contributed by atoms with E-state index in [-0.39, 0.29) is 23.5 Å². The van der Waals surface area contributed by atoms with E-state index in [0.29, 0.717) is 5.39 Å². The van der Waals surface area contributed by atoms with Crippen molar-refractivity contribution in [3.63, 3.8) is 0 Å². The van der Waals surface area contributed by atoms with E-state index >= 15 is 0 Å². The van der Waals surface area contributed by atoms with Crippen LogP contribution >= 0.6 is 0 Å². The number of fused-ring (bicyclic) bond motifs is 1. The van der Waals surface area contributed by atoms with E-state index in [1.54, 1.807) is 6.92 Å². The second-order valence-corrected chi connectivity index (χ2v) is 3.38. The van der Waals surface area contributed by atoms with Crippen LogP contribution in [0, 0.1) is 0 Å². The maximum atomic E-state index is 11.5. The van der Waals surface area contributed by atoms with E-state index in [0.717, 1.165) is 6.07 Å². The summed E-state index contributed by atoms with van der Waals surface area (Å²) >= 11 is 0. The van der Waals surface area contributed by atoms with Crippen LogP contribution in [0.25, 0.3) is 11.0 Å². The average molecular weight is 234 g/mol. The molecule has 1 heterocycles. The van der Waals surface area contributed by atoms with E-state index in [9.17, 15) is 14.7 Å². The Morgan fingerprint density at radius 3 is 2.88 bits per heavy atom. The highest BCUT2D eigenvalue weighted by atomic mass is 16.5. The molecule has 0 spiro atoms. The normalized spacial score (nSPS) is 10.4. The third-order valence-electron chi connectivity index (χ3n) is 2.23. The lowest BCUT2D eigenvalue weighted by molar-refractivity contribution is 0.0526. The molecular weight excluding hydrogens is 224 g/mol. The Labute approximate surface area is 96.2 Å². The third-order valence-corrected chi connectivity index (χ3v) is 2.23. The fraction of sp³-hybridized carbons (Fsp3) is 0.167. The minimum atomic E-state index is -0.670. The van der Waals surface area contributed by atoms with Crippen LogP contribution in [0.15, 0.2) is 33.5 Å². The molecule has 0 fully saturated rings. The van der Waals surface area contributed by atoms with Gasteiger partial charge in [-0.3, -0.25) is 0 Å². The molecule has 0 aliphatic rings. The maximum absolute atomic E-state index is 11.5. The highest BCUT2D eigenvalue weighted by Gasteiger charge is 2.10. The van der Waals surface area contributed by atoms with Gasteiger partial charge in [-0.15, -0.1) is 0 Å². The van der Waals surface area contributed by atoms with Crippen LogP contribution in [0.4, 0.5) is 0 Å². The number of rotatable bonds is 2. The van der Waals surface area contributed by atoms with Crippen molar-refractivity contribution in [2.75, 3.05) is 6.61 Å². The van der Waals surface area contributed by atoms with Crippen LogP contribution in [0.2, 0.25) is 0 Å². The molecule has 1 aromatic heterocycles. The summed E-state index contributed by atoms with van der Waals surface area (Å²) in [7, 11) is 0. The molecular formula is C12H10O5. The molecule has 0 bridgehead atoms. The lowest BCUT2D eigenvalue weighted by Gasteiger charge is -2.03. The fourth-order valence-corrected chi connectivity index (χ4v) is 1.49. The number of hydrogen-bond donors (Lipinski definition) is 1. The van der Waals surface area contributed by atoms with E-state index in [1.165, 1.54) is 18.2 Å². The van der Waals surface area contributed by atoms with Gasteiger partial charge in [0.05, 0.1) is 23.6 Å². The van der Waals surface area contributed by atoms with Crippen LogP contribution in [0.5, 0.6) is 5.75 Å². The van der Waals surface area contributed by atoms with Crippen molar-refractivity contribution < 1.29 is 19.1 Å². The average Bonchev–Trinajstić information content (AvgIpc) is 2.28. The van der Waals surface area contributed by atoms with Gasteiger partial charge in [0.1, 0.15) is 11.3 Å². The highest BCUT2D eigenvalue weighted by Crippen LogP contribution is 2.23. The summed E-state index contributed by atoms with van der Waals surface area (Å²) in [6.07, 6.45) is 0. The minimum absolute atomic E-state index is 0.153. The summed E-state index contributed by atoms with van der Waals surface area (Å²) < 4.78 is 9.70. The van der Waals surface area contributed by atoms with Gasteiger partial charge < -0.3 is 14.3 Å². The number of esters is 1. The molecule has 0 amide bonds. The van der Waals surface area contributed by atoms with E-state index < -0.39 is 11.6 Å². The Morgan fingerprint density at radius 2 is 2.18 bits per heavy atom. The lowest BCUT2D eigenvalue weighted by atomic mass is 10.1. The predicted octanol–water partition coefficient (Wildman–Crippen LogP) is 1.68. The SMILES string of the molecule is CCOC(=O)c1ccc2c(O)cc(=O)oc2c1. The Morgan fingerprint density at radius 1 is 1.41 bits per heavy atom. The highest BCUT2D eigenvalue weighted by molar-refractivity contribution is 5.95. The first-order valence-electron chi connectivity index (χ1n) is 5.06. The monoisotopic (exact) mass is 234 g/mol. The molecule has 0 unspecified atom stereocenters. The topological polar surface area (TPSA) is 76.7 Å². The maximum Gasteiger partial charge on any atom is 0.339 e. The number of hydrogen-bond acceptors (Lipinski definition) is 5. The Kier molecular flexibility index (Phi) is 2.82. The van der Waals surface area contributed by atoms with Crippen molar-refractivity contribution >= 4 is 16.9 Å². The van der Waals surface area contributed by atoms with E-state index in [4.69, 9.17) is 9.15 Å². The van der Waals surface area contributed by atoms with Crippen LogP contribution in [-0.4, -0.2) is 17.7 Å². The van der Waals surface area contributed by atoms with Crippen LogP contribution in [0.1, 0.15) is 17.3 Å². The van der Waals surface area contributed by atoms with Crippen molar-refractivity contribution in [1.29, 1.82) is 0 Å². The predicted molar refractivity (Wildman–Crippen MR) is 60.1 cm³/mol. The smallest absolute Gasteiger partial charge is 0.339 e. The zero-order valence-corrected chi connectivity index (χ0v) is 9.10. The number of ether oxygens (including phenoxy) is 1. The molecule has 0 aliphatic heterocycles. The summed E-state index contributed by atoms with van der Waals surface area (Å²) in [6.45, 7) is 1.96. The van der Waals surface area contributed by atoms with Crippen LogP contribution in [0.3, 0.4) is 0 Å². The van der Waals surface area contributed by atoms with Crippen molar-refractivity contribution in [2.24, 2.45) is 0 Å². The van der Waals surface area contributed by atoms with Gasteiger partial charge in [-0.1, -0.05) is 0 Å². The summed E-state index contributed by atoms with van der Waals surface area (Å²) in [5, 5.41) is 9.88. The van der Waals surface area contributed by atoms with Crippen LogP contribution < -0.4 is 5.63 Å². The fourth-order valence-electron chi connectivity index (χ4n) is 1.49. The molecule has 0 aliphatic carbocycles. The number of aromatic hydroxyl groups is 1. The summed E-state index contributed by atoms with van der Waals surface area (Å²) in [5.41, 5.74) is -0.246. The molecule has 2 aromatic rings. The summed E-state index contributed by atoms with van der Waals surface area (Å²) in [5.74, 6) is -0.674. The molecule has 0 saturated heterocycles. The third kappa shape index (κ3) is 2.13. The first-order chi connectivity index (χ1) is 8.11. The quantitative estimate of drug-likeness (QED) is 0.631. The molecule has 1 N–H and O–H groups in total. The summed E-state index contributed by atoms with van der Waals surface area (Å²) in [6, 6.07) is 5.35. The van der Waals surface area contributed by atoms with Gasteiger partial charge in [-0.05, 0) is 25.1 Å². The second-order valence-electron chi connectivity index (χ2n) is 3.38. The van der Waals surface area contributed by atoms with Crippen molar-refractivity contribution in [3.8, 4) is 5.75 Å². The standard InChI is InChI=1S/C12H10O5/c1-2-16-12(15)7-3-4-8-9(13)6-11(14)17-10(8)5-7/h3-6,13H,2H2,1H3. The van der Waals surface area contributed by atoms with Gasteiger partial charge in [0.25, 0.3) is 0 Å². The second kappa shape index (κ2) is 4.29. The molecule has 17 heavy (non-hydrogen) atoms. The first-order valence-corrected chi connectivity index (χ1v) is 5.06. The molecule has 1 aromatic carbocycles. The van der Waals surface area contributed by atoms with Crippen LogP contribution in [-0.2, 0) is 4.74 Å². The molecule has 0 atom stereocenters. The lowest BCUT2D eigenvalue weighted by Crippen LogP contribution is -2.04. The Hall–Kier alpha value is -2.30. The largest absolute Gasteiger partial charge is 0.507 e. The molecule has 0 radical (unpaired) electrons. The molecule has 2 rings (SSSR count). The molecule has 0 saturated carbocycles. The van der Waals surface area contributed by atoms with Crippen molar-refractivity contribution in [1.82, 2.24) is 0 Å². The van der Waals surface area contributed by atoms with Gasteiger partial charge in [0, 0.05) is 0 Å². The van der Waals surface area contributed by atoms with Gasteiger partial charge in [0.2, 0.25) is 0 Å². The van der Waals surface area contributed by atoms with Crippen molar-refractivity contribution in [2.45, 2.75) is 6.92 Å². The number of carbonyl (C=O) groups is 1. The van der Waals surface area contributed by atoms with Gasteiger partial charge in [-0.25, -0.2) is 9.59 Å². The van der Waals surface area contributed by atoms with Gasteiger partial charge in [0.15, 0.2) is 0 Å². The zero-order chi connectivity index (χ0) is 12.4. The van der Waals surface area contributed by atoms with Crippen molar-refractivity contribution in [3.05, 3.63) is 40.2 Å². The minimum Gasteiger partial charge on any atom is -0.507 e. The van der Waals surface area contributed by atoms with Gasteiger partial charge >= 0.3 is 11.6 Å². The number of benzene rings is 1. The van der Waals surface area contributed by atoms with E-state index in [1.807, 2.05) is 0 Å². The van der Waals surface area contributed by atoms with Gasteiger partial charge in [-0.2, -0.15) is 0 Å². The zero-order valence-electron chi connectivity index (χ0n) is 9.10. The molecule has 5 nitrogen and oxygen atoms in total. The molecule has 88 valence electrons.